The summed E-state index contributed by atoms with van der Waals surface area (Å²) in [6.07, 6.45) is 0.934. The zero-order valence-electron chi connectivity index (χ0n) is 16.5. The van der Waals surface area contributed by atoms with E-state index in [1.54, 1.807) is 4.90 Å². The van der Waals surface area contributed by atoms with E-state index in [1.807, 2.05) is 39.0 Å². The molecule has 148 valence electrons. The highest BCUT2D eigenvalue weighted by atomic mass is 16.6. The van der Waals surface area contributed by atoms with Crippen LogP contribution < -0.4 is 0 Å². The van der Waals surface area contributed by atoms with Crippen LogP contribution in [0.25, 0.3) is 0 Å². The maximum absolute atomic E-state index is 12.5. The molecule has 0 aliphatic carbocycles. The number of carbonyl (C=O) groups is 2. The number of nitrogens with zero attached hydrogens (tertiary/aromatic N) is 2. The minimum Gasteiger partial charge on any atom is -0.481 e. The number of hydrogen-bond donors (Lipinski definition) is 1. The average Bonchev–Trinajstić information content (AvgIpc) is 2.81. The molecule has 2 aliphatic rings. The van der Waals surface area contributed by atoms with Crippen LogP contribution in [0.2, 0.25) is 0 Å². The molecule has 0 saturated carbocycles. The van der Waals surface area contributed by atoms with Crippen molar-refractivity contribution in [2.24, 2.45) is 11.3 Å². The first-order chi connectivity index (χ1) is 12.7. The lowest BCUT2D eigenvalue weighted by atomic mass is 9.75. The van der Waals surface area contributed by atoms with Gasteiger partial charge in [0.2, 0.25) is 0 Å². The van der Waals surface area contributed by atoms with Crippen LogP contribution in [0.4, 0.5) is 4.79 Å². The van der Waals surface area contributed by atoms with Gasteiger partial charge in [-0.1, -0.05) is 30.3 Å². The van der Waals surface area contributed by atoms with E-state index < -0.39 is 17.0 Å². The summed E-state index contributed by atoms with van der Waals surface area (Å²) in [7, 11) is 0. The first-order valence-electron chi connectivity index (χ1n) is 9.67. The van der Waals surface area contributed by atoms with Crippen molar-refractivity contribution in [3.05, 3.63) is 35.9 Å². The van der Waals surface area contributed by atoms with Crippen LogP contribution in [0.5, 0.6) is 0 Å². The van der Waals surface area contributed by atoms with Gasteiger partial charge in [-0.3, -0.25) is 9.69 Å². The Kier molecular flexibility index (Phi) is 5.47. The fourth-order valence-electron chi connectivity index (χ4n) is 4.34. The van der Waals surface area contributed by atoms with Crippen LogP contribution in [-0.4, -0.2) is 58.7 Å². The molecule has 0 spiro atoms. The molecule has 0 aromatic heterocycles. The predicted octanol–water partition coefficient (Wildman–Crippen LogP) is 3.22. The molecule has 27 heavy (non-hydrogen) atoms. The molecule has 0 bridgehead atoms. The Balaban J connectivity index is 1.75. The number of carboxylic acids is 1. The SMILES string of the molecule is CC(C)(C)OC(=O)N1CCC[C@@]2(C(=O)O)CN(Cc3ccccc3)C[C@H]2C1. The highest BCUT2D eigenvalue weighted by molar-refractivity contribution is 5.76. The third kappa shape index (κ3) is 4.43. The molecular weight excluding hydrogens is 344 g/mol. The fraction of sp³-hybridized carbons (Fsp3) is 0.619. The lowest BCUT2D eigenvalue weighted by Gasteiger charge is -2.30. The number of aliphatic carboxylic acids is 1. The number of ether oxygens (including phenoxy) is 1. The molecule has 1 amide bonds. The van der Waals surface area contributed by atoms with Crippen molar-refractivity contribution in [2.45, 2.75) is 45.8 Å². The monoisotopic (exact) mass is 374 g/mol. The van der Waals surface area contributed by atoms with Gasteiger partial charge in [0.15, 0.2) is 0 Å². The van der Waals surface area contributed by atoms with Crippen molar-refractivity contribution in [2.75, 3.05) is 26.2 Å². The summed E-state index contributed by atoms with van der Waals surface area (Å²) < 4.78 is 5.52. The van der Waals surface area contributed by atoms with Crippen LogP contribution in [0.3, 0.4) is 0 Å². The molecule has 2 saturated heterocycles. The van der Waals surface area contributed by atoms with Crippen LogP contribution in [-0.2, 0) is 16.1 Å². The number of rotatable bonds is 3. The summed E-state index contributed by atoms with van der Waals surface area (Å²) in [5, 5.41) is 10.1. The number of fused-ring (bicyclic) bond motifs is 1. The van der Waals surface area contributed by atoms with Crippen molar-refractivity contribution in [3.63, 3.8) is 0 Å². The third-order valence-electron chi connectivity index (χ3n) is 5.58. The second-order valence-electron chi connectivity index (χ2n) is 8.84. The highest BCUT2D eigenvalue weighted by Gasteiger charge is 2.53. The topological polar surface area (TPSA) is 70.1 Å². The summed E-state index contributed by atoms with van der Waals surface area (Å²) in [5.74, 6) is -0.831. The standard InChI is InChI=1S/C21H30N2O4/c1-20(2,3)27-19(26)23-11-7-10-21(18(24)25)15-22(13-17(21)14-23)12-16-8-5-4-6-9-16/h4-6,8-9,17H,7,10-15H2,1-3H3,(H,24,25)/t17-,21+/m0/s1. The Hall–Kier alpha value is -2.08. The molecule has 2 aliphatic heterocycles. The van der Waals surface area contributed by atoms with Crippen molar-refractivity contribution < 1.29 is 19.4 Å². The van der Waals surface area contributed by atoms with Crippen LogP contribution in [0.1, 0.15) is 39.2 Å². The Labute approximate surface area is 161 Å². The Bertz CT molecular complexity index is 685. The van der Waals surface area contributed by atoms with Gasteiger partial charge in [-0.2, -0.15) is 0 Å². The van der Waals surface area contributed by atoms with Gasteiger partial charge < -0.3 is 14.7 Å². The molecule has 2 atom stereocenters. The molecule has 2 fully saturated rings. The van der Waals surface area contributed by atoms with Crippen molar-refractivity contribution in [3.8, 4) is 0 Å². The normalized spacial score (nSPS) is 26.3. The van der Waals surface area contributed by atoms with E-state index in [-0.39, 0.29) is 12.0 Å². The van der Waals surface area contributed by atoms with Gasteiger partial charge in [-0.15, -0.1) is 0 Å². The van der Waals surface area contributed by atoms with E-state index >= 15 is 0 Å². The summed E-state index contributed by atoms with van der Waals surface area (Å²) in [4.78, 5) is 28.7. The lowest BCUT2D eigenvalue weighted by Crippen LogP contribution is -2.43. The Morgan fingerprint density at radius 2 is 1.93 bits per heavy atom. The summed E-state index contributed by atoms with van der Waals surface area (Å²) in [6.45, 7) is 8.49. The number of likely N-dealkylation sites (tertiary alicyclic amines) is 2. The summed E-state index contributed by atoms with van der Waals surface area (Å²) in [6, 6.07) is 10.1. The van der Waals surface area contributed by atoms with Crippen LogP contribution in [0.15, 0.2) is 30.3 Å². The molecule has 2 heterocycles. The van der Waals surface area contributed by atoms with E-state index in [0.717, 1.165) is 6.54 Å². The maximum Gasteiger partial charge on any atom is 0.410 e. The molecular formula is C21H30N2O4. The molecule has 0 radical (unpaired) electrons. The first-order valence-corrected chi connectivity index (χ1v) is 9.67. The fourth-order valence-corrected chi connectivity index (χ4v) is 4.34. The Morgan fingerprint density at radius 1 is 1.22 bits per heavy atom. The Morgan fingerprint density at radius 3 is 2.56 bits per heavy atom. The number of amides is 1. The molecule has 1 N–H and O–H groups in total. The van der Waals surface area contributed by atoms with Gasteiger partial charge in [-0.25, -0.2) is 4.79 Å². The van der Waals surface area contributed by atoms with Gasteiger partial charge >= 0.3 is 12.1 Å². The van der Waals surface area contributed by atoms with Gasteiger partial charge in [0.25, 0.3) is 0 Å². The van der Waals surface area contributed by atoms with E-state index in [0.29, 0.717) is 39.0 Å². The highest BCUT2D eigenvalue weighted by Crippen LogP contribution is 2.43. The van der Waals surface area contributed by atoms with Gasteiger partial charge in [0.1, 0.15) is 5.60 Å². The quantitative estimate of drug-likeness (QED) is 0.880. The van der Waals surface area contributed by atoms with Crippen molar-refractivity contribution >= 4 is 12.1 Å². The van der Waals surface area contributed by atoms with Crippen molar-refractivity contribution in [1.29, 1.82) is 0 Å². The zero-order valence-corrected chi connectivity index (χ0v) is 16.5. The molecule has 0 unspecified atom stereocenters. The average molecular weight is 374 g/mol. The maximum atomic E-state index is 12.5. The smallest absolute Gasteiger partial charge is 0.410 e. The number of hydrogen-bond acceptors (Lipinski definition) is 4. The van der Waals surface area contributed by atoms with Gasteiger partial charge in [-0.05, 0) is 39.2 Å². The first kappa shape index (κ1) is 19.7. The minimum atomic E-state index is -0.786. The summed E-state index contributed by atoms with van der Waals surface area (Å²) in [5.41, 5.74) is -0.160. The lowest BCUT2D eigenvalue weighted by molar-refractivity contribution is -0.151. The van der Waals surface area contributed by atoms with E-state index in [4.69, 9.17) is 4.74 Å². The number of benzene rings is 1. The number of carboxylic acid groups (broad SMARTS) is 1. The van der Waals surface area contributed by atoms with E-state index in [1.165, 1.54) is 5.56 Å². The number of carbonyl (C=O) groups excluding carboxylic acids is 1. The molecule has 1 aromatic rings. The molecule has 6 nitrogen and oxygen atoms in total. The second kappa shape index (κ2) is 7.50. The third-order valence-corrected chi connectivity index (χ3v) is 5.58. The van der Waals surface area contributed by atoms with Crippen LogP contribution in [0, 0.1) is 11.3 Å². The largest absolute Gasteiger partial charge is 0.481 e. The van der Waals surface area contributed by atoms with Gasteiger partial charge in [0, 0.05) is 38.6 Å². The molecule has 6 heteroatoms. The van der Waals surface area contributed by atoms with E-state index in [9.17, 15) is 14.7 Å². The molecule has 1 aromatic carbocycles. The predicted molar refractivity (Wildman–Crippen MR) is 102 cm³/mol. The van der Waals surface area contributed by atoms with Crippen molar-refractivity contribution in [1.82, 2.24) is 9.80 Å². The minimum absolute atomic E-state index is 0.0891. The van der Waals surface area contributed by atoms with E-state index in [2.05, 4.69) is 17.0 Å². The summed E-state index contributed by atoms with van der Waals surface area (Å²) >= 11 is 0. The zero-order chi connectivity index (χ0) is 19.7. The molecule has 3 rings (SSSR count). The van der Waals surface area contributed by atoms with Gasteiger partial charge in [0.05, 0.1) is 5.41 Å². The van der Waals surface area contributed by atoms with Crippen LogP contribution >= 0.6 is 0 Å². The second-order valence-corrected chi connectivity index (χ2v) is 8.84.